The smallest absolute Gasteiger partial charge is 0.341 e. The first-order valence-electron chi connectivity index (χ1n) is 8.47. The molecule has 2 aromatic carbocycles. The average molecular weight is 423 g/mol. The van der Waals surface area contributed by atoms with Gasteiger partial charge in [0.25, 0.3) is 5.91 Å². The van der Waals surface area contributed by atoms with Crippen molar-refractivity contribution in [3.05, 3.63) is 81.7 Å². The van der Waals surface area contributed by atoms with Crippen LogP contribution in [0.15, 0.2) is 65.6 Å². The lowest BCUT2D eigenvalue weighted by Crippen LogP contribution is -2.15. The van der Waals surface area contributed by atoms with Crippen LogP contribution >= 0.6 is 22.9 Å². The normalized spacial score (nSPS) is 10.9. The van der Waals surface area contributed by atoms with E-state index in [9.17, 15) is 14.9 Å². The number of rotatable bonds is 5. The Morgan fingerprint density at radius 1 is 1.14 bits per heavy atom. The number of hydrogen-bond acceptors (Lipinski definition) is 5. The van der Waals surface area contributed by atoms with Crippen molar-refractivity contribution < 1.29 is 14.3 Å². The lowest BCUT2D eigenvalue weighted by atomic mass is 10.0. The molecule has 1 N–H and O–H groups in total. The van der Waals surface area contributed by atoms with E-state index >= 15 is 0 Å². The molecule has 1 heterocycles. The number of nitrogens with zero attached hydrogens (tertiary/aromatic N) is 1. The van der Waals surface area contributed by atoms with Gasteiger partial charge in [0.1, 0.15) is 22.2 Å². The van der Waals surface area contributed by atoms with Crippen LogP contribution in [0.5, 0.6) is 0 Å². The molecule has 1 amide bonds. The van der Waals surface area contributed by atoms with Crippen molar-refractivity contribution in [1.82, 2.24) is 0 Å². The number of halogens is 1. The number of amides is 1. The van der Waals surface area contributed by atoms with E-state index in [-0.39, 0.29) is 11.1 Å². The van der Waals surface area contributed by atoms with Crippen molar-refractivity contribution >= 4 is 45.9 Å². The molecule has 0 aliphatic rings. The van der Waals surface area contributed by atoms with Gasteiger partial charge in [-0.25, -0.2) is 4.79 Å². The first-order chi connectivity index (χ1) is 14.0. The fourth-order valence-electron chi connectivity index (χ4n) is 2.63. The summed E-state index contributed by atoms with van der Waals surface area (Å²) in [7, 11) is 1.28. The Labute approximate surface area is 176 Å². The van der Waals surface area contributed by atoms with Gasteiger partial charge in [-0.3, -0.25) is 4.79 Å². The maximum Gasteiger partial charge on any atom is 0.341 e. The van der Waals surface area contributed by atoms with Crippen molar-refractivity contribution in [2.75, 3.05) is 12.4 Å². The molecule has 7 heteroatoms. The fourth-order valence-corrected chi connectivity index (χ4v) is 3.71. The van der Waals surface area contributed by atoms with E-state index in [0.29, 0.717) is 21.2 Å². The monoisotopic (exact) mass is 422 g/mol. The zero-order valence-electron chi connectivity index (χ0n) is 15.3. The molecule has 0 saturated carbocycles. The maximum absolute atomic E-state index is 12.7. The molecule has 5 nitrogen and oxygen atoms in total. The lowest BCUT2D eigenvalue weighted by Gasteiger charge is -2.07. The van der Waals surface area contributed by atoms with Crippen LogP contribution in [0.25, 0.3) is 17.2 Å². The van der Waals surface area contributed by atoms with Gasteiger partial charge in [0.05, 0.1) is 7.11 Å². The third-order valence-electron chi connectivity index (χ3n) is 4.04. The number of thiophene rings is 1. The second-order valence-corrected chi connectivity index (χ2v) is 7.20. The Morgan fingerprint density at radius 3 is 2.45 bits per heavy atom. The van der Waals surface area contributed by atoms with Crippen LogP contribution in [0.2, 0.25) is 5.02 Å². The quantitative estimate of drug-likeness (QED) is 0.339. The van der Waals surface area contributed by atoms with Crippen molar-refractivity contribution in [3.63, 3.8) is 0 Å². The number of benzene rings is 2. The van der Waals surface area contributed by atoms with E-state index in [4.69, 9.17) is 16.3 Å². The molecular formula is C22H15ClN2O3S. The van der Waals surface area contributed by atoms with Crippen LogP contribution in [0.3, 0.4) is 0 Å². The van der Waals surface area contributed by atoms with Gasteiger partial charge in [-0.05, 0) is 29.3 Å². The highest BCUT2D eigenvalue weighted by atomic mass is 35.5. The number of esters is 1. The summed E-state index contributed by atoms with van der Waals surface area (Å²) < 4.78 is 4.90. The number of ether oxygens (including phenoxy) is 1. The van der Waals surface area contributed by atoms with E-state index < -0.39 is 11.9 Å². The topological polar surface area (TPSA) is 79.2 Å². The third kappa shape index (κ3) is 4.72. The van der Waals surface area contributed by atoms with Crippen molar-refractivity contribution in [1.29, 1.82) is 5.26 Å². The molecule has 144 valence electrons. The highest BCUT2D eigenvalue weighted by Crippen LogP contribution is 2.36. The zero-order chi connectivity index (χ0) is 20.8. The second kappa shape index (κ2) is 9.20. The predicted octanol–water partition coefficient (Wildman–Crippen LogP) is 5.40. The van der Waals surface area contributed by atoms with Gasteiger partial charge in [-0.15, -0.1) is 11.3 Å². The Balaban J connectivity index is 1.93. The summed E-state index contributed by atoms with van der Waals surface area (Å²) >= 11 is 7.05. The van der Waals surface area contributed by atoms with Crippen molar-refractivity contribution in [2.45, 2.75) is 0 Å². The number of methoxy groups -OCH3 is 1. The largest absolute Gasteiger partial charge is 0.465 e. The van der Waals surface area contributed by atoms with Gasteiger partial charge in [-0.2, -0.15) is 5.26 Å². The van der Waals surface area contributed by atoms with Gasteiger partial charge in [-0.1, -0.05) is 54.1 Å². The Morgan fingerprint density at radius 2 is 1.83 bits per heavy atom. The molecule has 0 fully saturated rings. The van der Waals surface area contributed by atoms with E-state index in [0.717, 1.165) is 5.56 Å². The summed E-state index contributed by atoms with van der Waals surface area (Å²) in [6.07, 6.45) is 1.45. The van der Waals surface area contributed by atoms with Gasteiger partial charge >= 0.3 is 5.97 Å². The first-order valence-corrected chi connectivity index (χ1v) is 9.73. The van der Waals surface area contributed by atoms with E-state index in [2.05, 4.69) is 5.32 Å². The molecule has 29 heavy (non-hydrogen) atoms. The number of carbonyl (C=O) groups excluding carboxylic acids is 2. The van der Waals surface area contributed by atoms with Crippen LogP contribution < -0.4 is 5.32 Å². The molecule has 0 atom stereocenters. The van der Waals surface area contributed by atoms with Crippen LogP contribution in [0, 0.1) is 11.3 Å². The minimum Gasteiger partial charge on any atom is -0.465 e. The first kappa shape index (κ1) is 20.3. The summed E-state index contributed by atoms with van der Waals surface area (Å²) in [6, 6.07) is 17.9. The molecule has 0 bridgehead atoms. The molecule has 1 aromatic heterocycles. The Kier molecular flexibility index (Phi) is 6.45. The van der Waals surface area contributed by atoms with E-state index in [1.54, 1.807) is 29.6 Å². The van der Waals surface area contributed by atoms with Crippen LogP contribution in [-0.4, -0.2) is 19.0 Å². The summed E-state index contributed by atoms with van der Waals surface area (Å²) in [6.45, 7) is 0. The van der Waals surface area contributed by atoms with Crippen LogP contribution in [0.4, 0.5) is 5.00 Å². The number of nitriles is 1. The fraction of sp³-hybridized carbons (Fsp3) is 0.0455. The molecule has 0 unspecified atom stereocenters. The zero-order valence-corrected chi connectivity index (χ0v) is 16.9. The van der Waals surface area contributed by atoms with Crippen molar-refractivity contribution in [2.24, 2.45) is 0 Å². The molecule has 0 spiro atoms. The minimum atomic E-state index is -0.617. The van der Waals surface area contributed by atoms with Crippen LogP contribution in [0.1, 0.15) is 15.9 Å². The van der Waals surface area contributed by atoms with Crippen molar-refractivity contribution in [3.8, 4) is 17.2 Å². The molecule has 0 aliphatic heterocycles. The lowest BCUT2D eigenvalue weighted by molar-refractivity contribution is -0.112. The molecule has 0 radical (unpaired) electrons. The number of hydrogen-bond donors (Lipinski definition) is 1. The SMILES string of the molecule is COC(=O)c1c(-c2ccccc2)csc1NC(=O)/C(C#N)=C/c1ccc(Cl)cc1. The number of nitrogens with one attached hydrogen (secondary N) is 1. The Bertz CT molecular complexity index is 1110. The summed E-state index contributed by atoms with van der Waals surface area (Å²) in [5.41, 5.74) is 2.28. The highest BCUT2D eigenvalue weighted by Gasteiger charge is 2.23. The van der Waals surface area contributed by atoms with Gasteiger partial charge in [0, 0.05) is 16.0 Å². The second-order valence-electron chi connectivity index (χ2n) is 5.89. The molecule has 3 aromatic rings. The Hall–Kier alpha value is -3.40. The molecule has 0 saturated heterocycles. The molecular weight excluding hydrogens is 408 g/mol. The number of carbonyl (C=O) groups is 2. The van der Waals surface area contributed by atoms with Crippen LogP contribution in [-0.2, 0) is 9.53 Å². The maximum atomic E-state index is 12.7. The predicted molar refractivity (Wildman–Crippen MR) is 115 cm³/mol. The summed E-state index contributed by atoms with van der Waals surface area (Å²) in [5.74, 6) is -1.19. The van der Waals surface area contributed by atoms with E-state index in [1.807, 2.05) is 36.4 Å². The summed E-state index contributed by atoms with van der Waals surface area (Å²) in [5, 5.41) is 14.7. The summed E-state index contributed by atoms with van der Waals surface area (Å²) in [4.78, 5) is 25.0. The average Bonchev–Trinajstić information content (AvgIpc) is 3.16. The van der Waals surface area contributed by atoms with Gasteiger partial charge < -0.3 is 10.1 Å². The molecule has 0 aliphatic carbocycles. The van der Waals surface area contributed by atoms with Gasteiger partial charge in [0.2, 0.25) is 0 Å². The third-order valence-corrected chi connectivity index (χ3v) is 5.19. The number of anilines is 1. The van der Waals surface area contributed by atoms with E-state index in [1.165, 1.54) is 24.5 Å². The highest BCUT2D eigenvalue weighted by molar-refractivity contribution is 7.15. The molecule has 3 rings (SSSR count). The standard InChI is InChI=1S/C22H15ClN2O3S/c1-28-22(27)19-18(15-5-3-2-4-6-15)13-29-21(19)25-20(26)16(12-24)11-14-7-9-17(23)10-8-14/h2-11,13H,1H3,(H,25,26)/b16-11+. The minimum absolute atomic E-state index is 0.0993. The van der Waals surface area contributed by atoms with Gasteiger partial charge in [0.15, 0.2) is 0 Å².